The van der Waals surface area contributed by atoms with Crippen molar-refractivity contribution in [3.8, 4) is 0 Å². The number of nitrogens with one attached hydrogen (secondary N) is 2. The van der Waals surface area contributed by atoms with E-state index in [-0.39, 0.29) is 5.91 Å². The number of carbonyl (C=O) groups is 1. The summed E-state index contributed by atoms with van der Waals surface area (Å²) < 4.78 is 0. The van der Waals surface area contributed by atoms with E-state index in [9.17, 15) is 9.90 Å². The monoisotopic (exact) mass is 782 g/mol. The predicted octanol–water partition coefficient (Wildman–Crippen LogP) is 7.18. The zero-order chi connectivity index (χ0) is 40.2. The number of carbonyl (C=O) groups excluding carboxylic acids is 1. The molecule has 0 bridgehead atoms. The molecule has 3 N–H and O–H groups in total. The molecule has 0 aliphatic carbocycles. The van der Waals surface area contributed by atoms with Crippen molar-refractivity contribution in [2.75, 3.05) is 32.7 Å². The largest absolute Gasteiger partial charge is 0.390 e. The highest BCUT2D eigenvalue weighted by Gasteiger charge is 2.20. The molecule has 1 amide bonds. The van der Waals surface area contributed by atoms with Crippen LogP contribution in [0.2, 0.25) is 0 Å². The first-order chi connectivity index (χ1) is 29.1. The lowest BCUT2D eigenvalue weighted by atomic mass is 9.91. The van der Waals surface area contributed by atoms with Crippen LogP contribution >= 0.6 is 0 Å². The molecule has 0 aliphatic heterocycles. The molecule has 0 aliphatic rings. The first-order valence-electron chi connectivity index (χ1n) is 20.5. The van der Waals surface area contributed by atoms with E-state index in [1.165, 1.54) is 37.9 Å². The fourth-order valence-electron chi connectivity index (χ4n) is 8.03. The average Bonchev–Trinajstić information content (AvgIpc) is 3.26. The van der Waals surface area contributed by atoms with Gasteiger partial charge >= 0.3 is 0 Å². The molecule has 4 aromatic carbocycles. The maximum atomic E-state index is 13.3. The number of amides is 1. The molecule has 8 aromatic rings. The van der Waals surface area contributed by atoms with Gasteiger partial charge in [0.1, 0.15) is 0 Å². The lowest BCUT2D eigenvalue weighted by molar-refractivity contribution is 0.0614. The SMILES string of the molecule is O=C(NCCNCCCc1ccc2ccc3cccc4ccc1c2c34)c1ccnc(CN(Cc2ccccn2)CC(O)CN(Cc2ccccn2)Cc2ccccn2)c1. The number of hydrogen-bond acceptors (Lipinski definition) is 9. The third-order valence-corrected chi connectivity index (χ3v) is 10.7. The van der Waals surface area contributed by atoms with Gasteiger partial charge in [0.2, 0.25) is 0 Å². The summed E-state index contributed by atoms with van der Waals surface area (Å²) in [4.78, 5) is 35.8. The molecule has 10 nitrogen and oxygen atoms in total. The van der Waals surface area contributed by atoms with Crippen molar-refractivity contribution < 1.29 is 9.90 Å². The number of benzene rings is 4. The van der Waals surface area contributed by atoms with Gasteiger partial charge in [0.15, 0.2) is 0 Å². The Kier molecular flexibility index (Phi) is 13.1. The lowest BCUT2D eigenvalue weighted by Gasteiger charge is -2.29. The van der Waals surface area contributed by atoms with E-state index in [1.54, 1.807) is 30.9 Å². The molecule has 1 unspecified atom stereocenters. The van der Waals surface area contributed by atoms with Crippen LogP contribution in [-0.4, -0.2) is 79.6 Å². The van der Waals surface area contributed by atoms with Gasteiger partial charge in [-0.3, -0.25) is 34.5 Å². The van der Waals surface area contributed by atoms with Gasteiger partial charge < -0.3 is 15.7 Å². The molecule has 4 heterocycles. The summed E-state index contributed by atoms with van der Waals surface area (Å²) in [7, 11) is 0. The molecule has 4 aromatic heterocycles. The van der Waals surface area contributed by atoms with Crippen LogP contribution in [-0.2, 0) is 32.6 Å². The van der Waals surface area contributed by atoms with Gasteiger partial charge in [0, 0.05) is 82.7 Å². The van der Waals surface area contributed by atoms with Crippen LogP contribution < -0.4 is 10.6 Å². The van der Waals surface area contributed by atoms with Gasteiger partial charge in [0.25, 0.3) is 5.91 Å². The summed E-state index contributed by atoms with van der Waals surface area (Å²) in [5.41, 5.74) is 5.40. The number of aliphatic hydroxyl groups is 1. The normalized spacial score (nSPS) is 12.3. The van der Waals surface area contributed by atoms with Crippen molar-refractivity contribution in [3.05, 3.63) is 180 Å². The lowest BCUT2D eigenvalue weighted by Crippen LogP contribution is -2.40. The van der Waals surface area contributed by atoms with Crippen LogP contribution in [0.25, 0.3) is 32.3 Å². The van der Waals surface area contributed by atoms with Crippen LogP contribution in [0.15, 0.2) is 146 Å². The third-order valence-electron chi connectivity index (χ3n) is 10.7. The van der Waals surface area contributed by atoms with Crippen molar-refractivity contribution in [3.63, 3.8) is 0 Å². The summed E-state index contributed by atoms with van der Waals surface area (Å²) in [5.74, 6) is -0.139. The second kappa shape index (κ2) is 19.5. The fraction of sp³-hybridized carbons (Fsp3) is 0.245. The van der Waals surface area contributed by atoms with Crippen molar-refractivity contribution in [2.45, 2.75) is 45.1 Å². The minimum Gasteiger partial charge on any atom is -0.390 e. The Bertz CT molecular complexity index is 2500. The van der Waals surface area contributed by atoms with E-state index in [2.05, 4.69) is 95.0 Å². The maximum absolute atomic E-state index is 13.3. The van der Waals surface area contributed by atoms with Crippen molar-refractivity contribution >= 4 is 38.2 Å². The molecule has 0 saturated carbocycles. The molecule has 0 spiro atoms. The molecule has 0 fully saturated rings. The molecular formula is C49H50N8O2. The molecule has 0 saturated heterocycles. The number of rotatable bonds is 20. The summed E-state index contributed by atoms with van der Waals surface area (Å²) in [6.45, 7) is 4.93. The molecule has 8 rings (SSSR count). The van der Waals surface area contributed by atoms with Crippen LogP contribution in [0.5, 0.6) is 0 Å². The molecule has 1 atom stereocenters. The zero-order valence-corrected chi connectivity index (χ0v) is 33.3. The maximum Gasteiger partial charge on any atom is 0.251 e. The quantitative estimate of drug-likeness (QED) is 0.0546. The topological polar surface area (TPSA) is 119 Å². The Labute approximate surface area is 345 Å². The van der Waals surface area contributed by atoms with Crippen LogP contribution in [0.1, 0.15) is 45.1 Å². The van der Waals surface area contributed by atoms with Gasteiger partial charge in [0.05, 0.1) is 28.9 Å². The third kappa shape index (κ3) is 10.5. The van der Waals surface area contributed by atoms with Crippen LogP contribution in [0, 0.1) is 0 Å². The van der Waals surface area contributed by atoms with E-state index in [1.807, 2.05) is 60.7 Å². The fourth-order valence-corrected chi connectivity index (χ4v) is 8.03. The summed E-state index contributed by atoms with van der Waals surface area (Å²) in [6, 6.07) is 41.2. The highest BCUT2D eigenvalue weighted by molar-refractivity contribution is 6.23. The van der Waals surface area contributed by atoms with E-state index in [0.717, 1.165) is 42.2 Å². The number of aryl methyl sites for hydroxylation is 1. The highest BCUT2D eigenvalue weighted by atomic mass is 16.3. The molecule has 0 radical (unpaired) electrons. The second-order valence-electron chi connectivity index (χ2n) is 15.2. The minimum absolute atomic E-state index is 0.139. The number of aliphatic hydroxyl groups excluding tert-OH is 1. The van der Waals surface area contributed by atoms with Gasteiger partial charge in [-0.05, 0) is 106 Å². The highest BCUT2D eigenvalue weighted by Crippen LogP contribution is 2.36. The average molecular weight is 783 g/mol. The zero-order valence-electron chi connectivity index (χ0n) is 33.3. The first-order valence-corrected chi connectivity index (χ1v) is 20.5. The van der Waals surface area contributed by atoms with E-state index in [4.69, 9.17) is 0 Å². The second-order valence-corrected chi connectivity index (χ2v) is 15.2. The van der Waals surface area contributed by atoms with Crippen molar-refractivity contribution in [2.24, 2.45) is 0 Å². The number of hydrogen-bond donors (Lipinski definition) is 3. The Morgan fingerprint density at radius 2 is 1.12 bits per heavy atom. The molecular weight excluding hydrogens is 733 g/mol. The van der Waals surface area contributed by atoms with Gasteiger partial charge in [-0.25, -0.2) is 0 Å². The van der Waals surface area contributed by atoms with Gasteiger partial charge in [-0.1, -0.05) is 72.8 Å². The van der Waals surface area contributed by atoms with Crippen LogP contribution in [0.3, 0.4) is 0 Å². The van der Waals surface area contributed by atoms with E-state index < -0.39 is 6.10 Å². The first kappa shape index (κ1) is 39.6. The smallest absolute Gasteiger partial charge is 0.251 e. The van der Waals surface area contributed by atoms with Crippen molar-refractivity contribution in [1.82, 2.24) is 40.4 Å². The summed E-state index contributed by atoms with van der Waals surface area (Å²) in [6.07, 6.45) is 8.32. The Hall–Kier alpha value is -6.17. The Morgan fingerprint density at radius 1 is 0.559 bits per heavy atom. The Morgan fingerprint density at radius 3 is 1.73 bits per heavy atom. The Balaban J connectivity index is 0.837. The summed E-state index contributed by atoms with van der Waals surface area (Å²) in [5, 5.41) is 26.0. The van der Waals surface area contributed by atoms with Crippen LogP contribution in [0.4, 0.5) is 0 Å². The van der Waals surface area contributed by atoms with Crippen molar-refractivity contribution in [1.29, 1.82) is 0 Å². The number of nitrogens with zero attached hydrogens (tertiary/aromatic N) is 6. The van der Waals surface area contributed by atoms with Gasteiger partial charge in [-0.15, -0.1) is 0 Å². The predicted molar refractivity (Wildman–Crippen MR) is 235 cm³/mol. The standard InChI is InChI=1S/C49H50N8O2/c58-45(34-56(30-41-12-1-4-23-51-41)31-42-13-2-5-24-52-42)35-57(32-43-14-3-6-25-53-43)33-44-29-40(21-26-54-44)49(59)55-28-27-50-22-8-11-36-15-16-39-18-17-37-9-7-10-38-19-20-46(36)48(39)47(37)38/h1-7,9-10,12-21,23-26,29,45,50,58H,8,11,22,27-28,30-35H2,(H,55,59). The summed E-state index contributed by atoms with van der Waals surface area (Å²) >= 11 is 0. The van der Waals surface area contributed by atoms with E-state index >= 15 is 0 Å². The number of pyridine rings is 4. The van der Waals surface area contributed by atoms with E-state index in [0.29, 0.717) is 57.9 Å². The van der Waals surface area contributed by atoms with Gasteiger partial charge in [-0.2, -0.15) is 0 Å². The number of aromatic nitrogens is 4. The molecule has 59 heavy (non-hydrogen) atoms. The molecule has 298 valence electrons. The minimum atomic E-state index is -0.689. The molecule has 10 heteroatoms.